The molecule has 1 aliphatic rings. The molecule has 0 saturated heterocycles. The SMILES string of the molecule is CS(=O)(=O)Nc1ccc(CNC(=O)c2ccc(C3(C(F)(F)F)CC3)cc2)c(Cl)c1. The van der Waals surface area contributed by atoms with Crippen LogP contribution in [0, 0.1) is 0 Å². The highest BCUT2D eigenvalue weighted by molar-refractivity contribution is 7.92. The number of hydrogen-bond donors (Lipinski definition) is 2. The monoisotopic (exact) mass is 446 g/mol. The van der Waals surface area contributed by atoms with E-state index in [4.69, 9.17) is 11.6 Å². The summed E-state index contributed by atoms with van der Waals surface area (Å²) in [7, 11) is -3.44. The summed E-state index contributed by atoms with van der Waals surface area (Å²) in [6, 6.07) is 9.93. The summed E-state index contributed by atoms with van der Waals surface area (Å²) in [6.45, 7) is 0.0745. The average Bonchev–Trinajstić information content (AvgIpc) is 3.41. The first-order valence-electron chi connectivity index (χ1n) is 8.63. The number of anilines is 1. The maximum Gasteiger partial charge on any atom is 0.398 e. The molecular formula is C19H18ClF3N2O3S. The molecule has 156 valence electrons. The summed E-state index contributed by atoms with van der Waals surface area (Å²) in [5.74, 6) is -0.456. The Morgan fingerprint density at radius 2 is 1.76 bits per heavy atom. The van der Waals surface area contributed by atoms with Gasteiger partial charge >= 0.3 is 6.18 Å². The van der Waals surface area contributed by atoms with E-state index in [2.05, 4.69) is 10.0 Å². The van der Waals surface area contributed by atoms with Gasteiger partial charge in [-0.2, -0.15) is 13.2 Å². The molecule has 2 aromatic rings. The molecule has 0 bridgehead atoms. The van der Waals surface area contributed by atoms with Crippen LogP contribution in [0.2, 0.25) is 5.02 Å². The average molecular weight is 447 g/mol. The Morgan fingerprint density at radius 3 is 2.24 bits per heavy atom. The number of amides is 1. The zero-order valence-electron chi connectivity index (χ0n) is 15.3. The van der Waals surface area contributed by atoms with Gasteiger partial charge < -0.3 is 5.32 Å². The minimum Gasteiger partial charge on any atom is -0.348 e. The number of alkyl halides is 3. The molecule has 0 atom stereocenters. The Kier molecular flexibility index (Phi) is 5.57. The lowest BCUT2D eigenvalue weighted by atomic mass is 9.94. The molecule has 1 saturated carbocycles. The first-order valence-corrected chi connectivity index (χ1v) is 10.9. The van der Waals surface area contributed by atoms with Crippen molar-refractivity contribution in [3.8, 4) is 0 Å². The third kappa shape index (κ3) is 4.84. The second kappa shape index (κ2) is 7.53. The van der Waals surface area contributed by atoms with Crippen molar-refractivity contribution in [1.82, 2.24) is 5.32 Å². The zero-order valence-corrected chi connectivity index (χ0v) is 16.9. The number of rotatable bonds is 6. The van der Waals surface area contributed by atoms with Crippen LogP contribution in [0.15, 0.2) is 42.5 Å². The van der Waals surface area contributed by atoms with Gasteiger partial charge in [0.2, 0.25) is 10.0 Å². The summed E-state index contributed by atoms with van der Waals surface area (Å²) >= 11 is 6.12. The number of benzene rings is 2. The Balaban J connectivity index is 1.64. The minimum atomic E-state index is -4.30. The smallest absolute Gasteiger partial charge is 0.348 e. The van der Waals surface area contributed by atoms with Gasteiger partial charge in [0, 0.05) is 22.8 Å². The lowest BCUT2D eigenvalue weighted by molar-refractivity contribution is -0.160. The molecule has 5 nitrogen and oxygen atoms in total. The first kappa shape index (κ1) is 21.4. The van der Waals surface area contributed by atoms with E-state index in [1.54, 1.807) is 6.07 Å². The fraction of sp³-hybridized carbons (Fsp3) is 0.316. The Morgan fingerprint density at radius 1 is 1.14 bits per heavy atom. The van der Waals surface area contributed by atoms with E-state index in [9.17, 15) is 26.4 Å². The molecule has 2 N–H and O–H groups in total. The maximum absolute atomic E-state index is 13.2. The molecule has 10 heteroatoms. The number of carbonyl (C=O) groups is 1. The second-order valence-corrected chi connectivity index (χ2v) is 9.18. The Bertz CT molecular complexity index is 1030. The molecule has 1 aliphatic carbocycles. The highest BCUT2D eigenvalue weighted by Gasteiger charge is 2.64. The number of hydrogen-bond acceptors (Lipinski definition) is 3. The van der Waals surface area contributed by atoms with Crippen LogP contribution in [0.25, 0.3) is 0 Å². The summed E-state index contributed by atoms with van der Waals surface area (Å²) < 4.78 is 64.3. The van der Waals surface area contributed by atoms with E-state index >= 15 is 0 Å². The normalized spacial score (nSPS) is 15.6. The van der Waals surface area contributed by atoms with E-state index in [0.29, 0.717) is 11.3 Å². The van der Waals surface area contributed by atoms with E-state index in [-0.39, 0.29) is 35.5 Å². The quantitative estimate of drug-likeness (QED) is 0.697. The highest BCUT2D eigenvalue weighted by Crippen LogP contribution is 2.58. The van der Waals surface area contributed by atoms with Crippen LogP contribution < -0.4 is 10.0 Å². The molecular weight excluding hydrogens is 429 g/mol. The minimum absolute atomic E-state index is 0.0602. The van der Waals surface area contributed by atoms with Gasteiger partial charge in [-0.15, -0.1) is 0 Å². The zero-order chi connectivity index (χ0) is 21.4. The highest BCUT2D eigenvalue weighted by atomic mass is 35.5. The Hall–Kier alpha value is -2.26. The van der Waals surface area contributed by atoms with Gasteiger partial charge in [0.25, 0.3) is 5.91 Å². The van der Waals surface area contributed by atoms with Gasteiger partial charge in [-0.1, -0.05) is 29.8 Å². The third-order valence-electron chi connectivity index (χ3n) is 4.79. The second-order valence-electron chi connectivity index (χ2n) is 7.02. The number of halogens is 4. The van der Waals surface area contributed by atoms with Crippen LogP contribution in [-0.2, 0) is 22.0 Å². The summed E-state index contributed by atoms with van der Waals surface area (Å²) in [5, 5.41) is 2.90. The van der Waals surface area contributed by atoms with Gasteiger partial charge in [0.05, 0.1) is 11.7 Å². The van der Waals surface area contributed by atoms with Crippen molar-refractivity contribution in [2.75, 3.05) is 11.0 Å². The fourth-order valence-electron chi connectivity index (χ4n) is 3.05. The first-order chi connectivity index (χ1) is 13.4. The third-order valence-corrected chi connectivity index (χ3v) is 5.75. The molecule has 2 aromatic carbocycles. The molecule has 0 aromatic heterocycles. The molecule has 0 aliphatic heterocycles. The summed E-state index contributed by atoms with van der Waals surface area (Å²) in [6.07, 6.45) is -3.17. The Labute approximate surface area is 171 Å². The molecule has 0 unspecified atom stereocenters. The number of carbonyl (C=O) groups excluding carboxylic acids is 1. The largest absolute Gasteiger partial charge is 0.398 e. The maximum atomic E-state index is 13.2. The van der Waals surface area contributed by atoms with Gasteiger partial charge in [-0.3, -0.25) is 9.52 Å². The summed E-state index contributed by atoms with van der Waals surface area (Å²) in [4.78, 5) is 12.3. The topological polar surface area (TPSA) is 75.3 Å². The fourth-order valence-corrected chi connectivity index (χ4v) is 3.85. The molecule has 29 heavy (non-hydrogen) atoms. The molecule has 0 spiro atoms. The van der Waals surface area contributed by atoms with E-state index in [1.165, 1.54) is 36.4 Å². The number of sulfonamides is 1. The van der Waals surface area contributed by atoms with Crippen LogP contribution >= 0.6 is 11.6 Å². The van der Waals surface area contributed by atoms with Crippen molar-refractivity contribution >= 4 is 33.2 Å². The van der Waals surface area contributed by atoms with Gasteiger partial charge in [0.1, 0.15) is 0 Å². The lowest BCUT2D eigenvalue weighted by Gasteiger charge is -2.19. The standard InChI is InChI=1S/C19H18ClF3N2O3S/c1-29(27,28)25-15-7-4-13(16(20)10-15)11-24-17(26)12-2-5-14(6-3-12)18(8-9-18)19(21,22)23/h2-7,10,25H,8-9,11H2,1H3,(H,24,26). The molecule has 3 rings (SSSR count). The predicted molar refractivity (Wildman–Crippen MR) is 104 cm³/mol. The van der Waals surface area contributed by atoms with E-state index in [1.807, 2.05) is 0 Å². The van der Waals surface area contributed by atoms with Crippen LogP contribution in [0.3, 0.4) is 0 Å². The van der Waals surface area contributed by atoms with E-state index < -0.39 is 27.5 Å². The van der Waals surface area contributed by atoms with Crippen molar-refractivity contribution in [3.63, 3.8) is 0 Å². The number of nitrogens with one attached hydrogen (secondary N) is 2. The molecule has 1 amide bonds. The lowest BCUT2D eigenvalue weighted by Crippen LogP contribution is -2.29. The predicted octanol–water partition coefficient (Wildman–Crippen LogP) is 4.24. The van der Waals surface area contributed by atoms with Crippen molar-refractivity contribution in [1.29, 1.82) is 0 Å². The molecule has 1 fully saturated rings. The van der Waals surface area contributed by atoms with Crippen LogP contribution in [0.1, 0.15) is 34.3 Å². The van der Waals surface area contributed by atoms with Gasteiger partial charge in [-0.25, -0.2) is 8.42 Å². The van der Waals surface area contributed by atoms with Crippen molar-refractivity contribution < 1.29 is 26.4 Å². The van der Waals surface area contributed by atoms with Crippen LogP contribution in [0.4, 0.5) is 18.9 Å². The molecule has 0 radical (unpaired) electrons. The van der Waals surface area contributed by atoms with Gasteiger partial charge in [-0.05, 0) is 48.2 Å². The van der Waals surface area contributed by atoms with Crippen molar-refractivity contribution in [2.24, 2.45) is 0 Å². The summed E-state index contributed by atoms with van der Waals surface area (Å²) in [5.41, 5.74) is -0.527. The van der Waals surface area contributed by atoms with Gasteiger partial charge in [0.15, 0.2) is 0 Å². The van der Waals surface area contributed by atoms with Crippen LogP contribution in [0.5, 0.6) is 0 Å². The van der Waals surface area contributed by atoms with Crippen LogP contribution in [-0.4, -0.2) is 26.8 Å². The molecule has 0 heterocycles. The van der Waals surface area contributed by atoms with Crippen molar-refractivity contribution in [2.45, 2.75) is 31.0 Å². The van der Waals surface area contributed by atoms with E-state index in [0.717, 1.165) is 6.26 Å². The van der Waals surface area contributed by atoms with Crippen molar-refractivity contribution in [3.05, 3.63) is 64.2 Å².